The van der Waals surface area contributed by atoms with Crippen LogP contribution in [0.15, 0.2) is 30.3 Å². The number of aryl methyl sites for hydroxylation is 2. The Labute approximate surface area is 180 Å². The van der Waals surface area contributed by atoms with Crippen molar-refractivity contribution in [1.82, 2.24) is 0 Å². The van der Waals surface area contributed by atoms with E-state index in [-0.39, 0.29) is 23.8 Å². The van der Waals surface area contributed by atoms with Crippen LogP contribution in [-0.4, -0.2) is 18.8 Å². The third-order valence-electron chi connectivity index (χ3n) is 5.32. The molecule has 2 aromatic rings. The van der Waals surface area contributed by atoms with Crippen LogP contribution < -0.4 is 14.2 Å². The Morgan fingerprint density at radius 3 is 2.55 bits per heavy atom. The first kappa shape index (κ1) is 23.2. The van der Waals surface area contributed by atoms with Crippen LogP contribution in [0.2, 0.25) is 0 Å². The molecule has 0 aromatic heterocycles. The molecule has 0 fully saturated rings. The Hall–Kier alpha value is -2.44. The minimum atomic E-state index is -3.61. The summed E-state index contributed by atoms with van der Waals surface area (Å²) in [5.41, 5.74) is 0.826. The molecule has 2 aromatic carbocycles. The Morgan fingerprint density at radius 1 is 1.16 bits per heavy atom. The van der Waals surface area contributed by atoms with Gasteiger partial charge in [-0.05, 0) is 61.9 Å². The lowest BCUT2D eigenvalue weighted by Crippen LogP contribution is -2.27. The molecule has 0 bridgehead atoms. The van der Waals surface area contributed by atoms with Gasteiger partial charge in [0.2, 0.25) is 0 Å². The molecule has 3 rings (SSSR count). The maximum atomic E-state index is 14.8. The van der Waals surface area contributed by atoms with Crippen molar-refractivity contribution in [2.75, 3.05) is 6.61 Å². The van der Waals surface area contributed by atoms with Gasteiger partial charge in [0.1, 0.15) is 18.2 Å². The fourth-order valence-electron chi connectivity index (χ4n) is 3.74. The summed E-state index contributed by atoms with van der Waals surface area (Å²) in [4.78, 5) is 0. The molecule has 0 spiro atoms. The van der Waals surface area contributed by atoms with Gasteiger partial charge in [-0.25, -0.2) is 8.78 Å². The second-order valence-electron chi connectivity index (χ2n) is 7.67. The quantitative estimate of drug-likeness (QED) is 0.381. The van der Waals surface area contributed by atoms with Gasteiger partial charge in [-0.2, -0.15) is 8.78 Å². The SMILES string of the molecule is CCCC1CCc2cc(OC(F)(F)CCc3ccc(OCC)cc3)c(F)c(CF)c2O1. The van der Waals surface area contributed by atoms with Crippen molar-refractivity contribution in [2.24, 2.45) is 0 Å². The molecule has 1 heterocycles. The van der Waals surface area contributed by atoms with Crippen molar-refractivity contribution < 1.29 is 31.8 Å². The molecule has 0 aliphatic carbocycles. The van der Waals surface area contributed by atoms with E-state index in [1.165, 1.54) is 6.07 Å². The zero-order valence-electron chi connectivity index (χ0n) is 17.9. The molecular weight excluding hydrogens is 412 g/mol. The van der Waals surface area contributed by atoms with E-state index in [1.54, 1.807) is 24.3 Å². The highest BCUT2D eigenvalue weighted by Crippen LogP contribution is 2.40. The fraction of sp³-hybridized carbons (Fsp3) is 0.500. The number of rotatable bonds is 10. The highest BCUT2D eigenvalue weighted by Gasteiger charge is 2.35. The van der Waals surface area contributed by atoms with Crippen molar-refractivity contribution in [2.45, 2.75) is 71.3 Å². The molecule has 0 radical (unpaired) electrons. The molecule has 1 atom stereocenters. The lowest BCUT2D eigenvalue weighted by Gasteiger charge is -2.29. The smallest absolute Gasteiger partial charge is 0.398 e. The second-order valence-corrected chi connectivity index (χ2v) is 7.67. The van der Waals surface area contributed by atoms with Gasteiger partial charge < -0.3 is 14.2 Å². The predicted molar refractivity (Wildman–Crippen MR) is 110 cm³/mol. The number of alkyl halides is 3. The first-order valence-electron chi connectivity index (χ1n) is 10.7. The van der Waals surface area contributed by atoms with E-state index >= 15 is 0 Å². The van der Waals surface area contributed by atoms with Crippen LogP contribution in [0.25, 0.3) is 0 Å². The van der Waals surface area contributed by atoms with E-state index in [0.717, 1.165) is 12.8 Å². The minimum Gasteiger partial charge on any atom is -0.494 e. The first-order chi connectivity index (χ1) is 14.9. The number of fused-ring (bicyclic) bond motifs is 1. The summed E-state index contributed by atoms with van der Waals surface area (Å²) in [6, 6.07) is 8.04. The topological polar surface area (TPSA) is 27.7 Å². The molecule has 1 aliphatic heterocycles. The summed E-state index contributed by atoms with van der Waals surface area (Å²) < 4.78 is 73.1. The average Bonchev–Trinajstić information content (AvgIpc) is 2.74. The van der Waals surface area contributed by atoms with E-state index in [1.807, 2.05) is 13.8 Å². The normalized spacial score (nSPS) is 15.9. The summed E-state index contributed by atoms with van der Waals surface area (Å²) in [7, 11) is 0. The second kappa shape index (κ2) is 10.2. The lowest BCUT2D eigenvalue weighted by molar-refractivity contribution is -0.181. The molecule has 31 heavy (non-hydrogen) atoms. The summed E-state index contributed by atoms with van der Waals surface area (Å²) >= 11 is 0. The van der Waals surface area contributed by atoms with Crippen molar-refractivity contribution in [3.05, 3.63) is 52.8 Å². The summed E-state index contributed by atoms with van der Waals surface area (Å²) in [5.74, 6) is -0.970. The van der Waals surface area contributed by atoms with Gasteiger partial charge in [0.25, 0.3) is 0 Å². The third-order valence-corrected chi connectivity index (χ3v) is 5.32. The van der Waals surface area contributed by atoms with Gasteiger partial charge >= 0.3 is 6.11 Å². The molecule has 0 N–H and O–H groups in total. The average molecular weight is 440 g/mol. The molecule has 7 heteroatoms. The number of ether oxygens (including phenoxy) is 3. The largest absolute Gasteiger partial charge is 0.494 e. The Bertz CT molecular complexity index is 868. The number of benzene rings is 2. The standard InChI is InChI=1S/C24H28F4O3/c1-3-5-19-11-8-17-14-21(22(26)20(15-25)23(17)30-19)31-24(27,28)13-12-16-6-9-18(10-7-16)29-4-2/h6-7,9-10,14,19H,3-5,8,11-13,15H2,1-2H3. The van der Waals surface area contributed by atoms with Gasteiger partial charge in [0.05, 0.1) is 24.7 Å². The molecule has 0 saturated heterocycles. The van der Waals surface area contributed by atoms with E-state index in [2.05, 4.69) is 0 Å². The van der Waals surface area contributed by atoms with Crippen LogP contribution in [-0.2, 0) is 19.5 Å². The summed E-state index contributed by atoms with van der Waals surface area (Å²) in [5, 5.41) is 0. The molecule has 0 saturated carbocycles. The van der Waals surface area contributed by atoms with E-state index < -0.39 is 30.8 Å². The molecule has 0 amide bonds. The zero-order valence-corrected chi connectivity index (χ0v) is 17.9. The molecule has 1 unspecified atom stereocenters. The van der Waals surface area contributed by atoms with Crippen LogP contribution in [0.1, 0.15) is 56.2 Å². The van der Waals surface area contributed by atoms with Gasteiger partial charge in [-0.15, -0.1) is 0 Å². The lowest BCUT2D eigenvalue weighted by atomic mass is 9.96. The van der Waals surface area contributed by atoms with Gasteiger partial charge in [-0.1, -0.05) is 25.5 Å². The van der Waals surface area contributed by atoms with Crippen LogP contribution in [0, 0.1) is 5.82 Å². The monoisotopic (exact) mass is 440 g/mol. The Balaban J connectivity index is 1.72. The minimum absolute atomic E-state index is 0.0315. The summed E-state index contributed by atoms with van der Waals surface area (Å²) in [6.07, 6.45) is -1.51. The highest BCUT2D eigenvalue weighted by molar-refractivity contribution is 5.49. The van der Waals surface area contributed by atoms with Gasteiger partial charge in [0, 0.05) is 0 Å². The molecular formula is C24H28F4O3. The predicted octanol–water partition coefficient (Wildman–Crippen LogP) is 6.79. The van der Waals surface area contributed by atoms with Crippen molar-refractivity contribution in [3.8, 4) is 17.2 Å². The van der Waals surface area contributed by atoms with Gasteiger partial charge in [-0.3, -0.25) is 0 Å². The third kappa shape index (κ3) is 5.83. The van der Waals surface area contributed by atoms with Crippen LogP contribution in [0.3, 0.4) is 0 Å². The number of hydrogen-bond donors (Lipinski definition) is 0. The van der Waals surface area contributed by atoms with E-state index in [9.17, 15) is 17.6 Å². The molecule has 1 aliphatic rings. The van der Waals surface area contributed by atoms with Crippen LogP contribution in [0.5, 0.6) is 17.2 Å². The zero-order chi connectivity index (χ0) is 22.4. The molecule has 170 valence electrons. The summed E-state index contributed by atoms with van der Waals surface area (Å²) in [6.45, 7) is 3.22. The Morgan fingerprint density at radius 2 is 1.90 bits per heavy atom. The first-order valence-corrected chi connectivity index (χ1v) is 10.7. The fourth-order valence-corrected chi connectivity index (χ4v) is 3.74. The highest BCUT2D eigenvalue weighted by atomic mass is 19.3. The number of hydrogen-bond acceptors (Lipinski definition) is 3. The van der Waals surface area contributed by atoms with Crippen LogP contribution in [0.4, 0.5) is 17.6 Å². The van der Waals surface area contributed by atoms with Crippen molar-refractivity contribution >= 4 is 0 Å². The Kier molecular flexibility index (Phi) is 7.68. The maximum absolute atomic E-state index is 14.8. The maximum Gasteiger partial charge on any atom is 0.398 e. The van der Waals surface area contributed by atoms with Crippen molar-refractivity contribution in [3.63, 3.8) is 0 Å². The van der Waals surface area contributed by atoms with Gasteiger partial charge in [0.15, 0.2) is 11.6 Å². The number of halogens is 4. The molecule has 3 nitrogen and oxygen atoms in total. The van der Waals surface area contributed by atoms with E-state index in [4.69, 9.17) is 14.2 Å². The van der Waals surface area contributed by atoms with E-state index in [0.29, 0.717) is 36.3 Å². The van der Waals surface area contributed by atoms with Crippen LogP contribution >= 0.6 is 0 Å². The van der Waals surface area contributed by atoms with Crippen molar-refractivity contribution in [1.29, 1.82) is 0 Å².